The van der Waals surface area contributed by atoms with E-state index in [1.807, 2.05) is 0 Å². The molecule has 0 atom stereocenters. The first-order valence-electron chi connectivity index (χ1n) is 3.58. The van der Waals surface area contributed by atoms with E-state index in [-0.39, 0.29) is 44.4 Å². The predicted molar refractivity (Wildman–Crippen MR) is 55.4 cm³/mol. The van der Waals surface area contributed by atoms with Gasteiger partial charge in [0.2, 0.25) is 0 Å². The van der Waals surface area contributed by atoms with Crippen molar-refractivity contribution in [1.82, 2.24) is 0 Å². The quantitative estimate of drug-likeness (QED) is 0.585. The molecule has 15 heavy (non-hydrogen) atoms. The van der Waals surface area contributed by atoms with Crippen LogP contribution < -0.4 is 0 Å². The van der Waals surface area contributed by atoms with Crippen molar-refractivity contribution in [2.75, 3.05) is 0 Å². The van der Waals surface area contributed by atoms with Gasteiger partial charge in [0.25, 0.3) is 0 Å². The third-order valence-electron chi connectivity index (χ3n) is 1.21. The molecule has 0 N–H and O–H groups in total. The number of rotatable bonds is 2. The number of hydrogen-bond acceptors (Lipinski definition) is 2. The maximum atomic E-state index is 12.4. The van der Waals surface area contributed by atoms with E-state index in [0.29, 0.717) is 0 Å². The molecule has 3 radical (unpaired) electrons. The minimum atomic E-state index is -0.292. The largest absolute Gasteiger partial charge is 0.316 e. The molecule has 79 valence electrons. The molecular formula is C10H12BFO2V. The van der Waals surface area contributed by atoms with E-state index in [0.717, 1.165) is 11.8 Å². The van der Waals surface area contributed by atoms with Gasteiger partial charge in [-0.15, -0.1) is 0 Å². The van der Waals surface area contributed by atoms with Crippen LogP contribution in [0.15, 0.2) is 24.3 Å². The molecule has 5 heteroatoms. The summed E-state index contributed by atoms with van der Waals surface area (Å²) in [5.74, 6) is -0.292. The topological polar surface area (TPSA) is 34.1 Å². The Morgan fingerprint density at radius 3 is 2.27 bits per heavy atom. The molecule has 0 aliphatic rings. The van der Waals surface area contributed by atoms with Gasteiger partial charge in [0, 0.05) is 25.0 Å². The number of halogens is 1. The van der Waals surface area contributed by atoms with Gasteiger partial charge in [0.15, 0.2) is 7.85 Å². The fourth-order valence-corrected chi connectivity index (χ4v) is 0.760. The summed E-state index contributed by atoms with van der Waals surface area (Å²) in [4.78, 5) is 18.5. The monoisotopic (exact) mass is 245 g/mol. The maximum absolute atomic E-state index is 12.4. The zero-order valence-corrected chi connectivity index (χ0v) is 8.79. The third kappa shape index (κ3) is 11.1. The summed E-state index contributed by atoms with van der Waals surface area (Å²) in [6, 6.07) is 6.02. The van der Waals surface area contributed by atoms with Gasteiger partial charge in [0.05, 0.1) is 6.19 Å². The molecule has 1 rings (SSSR count). The normalized spacial score (nSPS) is 7.00. The van der Waals surface area contributed by atoms with Crippen molar-refractivity contribution in [3.8, 4) is 0 Å². The zero-order valence-electron chi connectivity index (χ0n) is 7.39. The van der Waals surface area contributed by atoms with Gasteiger partial charge in [0.1, 0.15) is 12.1 Å². The maximum Gasteiger partial charge on any atom is 0.162 e. The first kappa shape index (κ1) is 19.7. The molecular weight excluding hydrogens is 233 g/mol. The van der Waals surface area contributed by atoms with E-state index in [9.17, 15) is 9.18 Å². The van der Waals surface area contributed by atoms with Crippen LogP contribution in [0.3, 0.4) is 0 Å². The molecule has 0 bridgehead atoms. The van der Waals surface area contributed by atoms with Crippen molar-refractivity contribution >= 4 is 20.3 Å². The van der Waals surface area contributed by atoms with Crippen LogP contribution >= 0.6 is 0 Å². The molecule has 1 aromatic rings. The molecule has 0 aliphatic heterocycles. The second kappa shape index (κ2) is 13.1. The summed E-state index contributed by atoms with van der Waals surface area (Å²) in [6.45, 7) is 0. The van der Waals surface area contributed by atoms with Crippen molar-refractivity contribution in [2.24, 2.45) is 0 Å². The minimum Gasteiger partial charge on any atom is -0.316 e. The van der Waals surface area contributed by atoms with Crippen molar-refractivity contribution < 1.29 is 32.5 Å². The Kier molecular flexibility index (Phi) is 17.2. The van der Waals surface area contributed by atoms with E-state index < -0.39 is 0 Å². The fourth-order valence-electron chi connectivity index (χ4n) is 0.760. The Labute approximate surface area is 103 Å². The van der Waals surface area contributed by atoms with Crippen molar-refractivity contribution in [2.45, 2.75) is 13.8 Å². The smallest absolute Gasteiger partial charge is 0.162 e. The summed E-state index contributed by atoms with van der Waals surface area (Å²) in [7, 11) is 4.17. The van der Waals surface area contributed by atoms with Crippen LogP contribution in [0.5, 0.6) is 0 Å². The first-order valence-corrected chi connectivity index (χ1v) is 3.58. The average molecular weight is 245 g/mol. The van der Waals surface area contributed by atoms with E-state index >= 15 is 0 Å². The first-order chi connectivity index (χ1) is 6.24. The van der Waals surface area contributed by atoms with Gasteiger partial charge >= 0.3 is 0 Å². The molecule has 0 saturated heterocycles. The van der Waals surface area contributed by atoms with Crippen LogP contribution in [0.25, 0.3) is 0 Å². The van der Waals surface area contributed by atoms with Crippen LogP contribution in [0, 0.1) is 5.82 Å². The number of aldehydes is 1. The van der Waals surface area contributed by atoms with E-state index in [4.69, 9.17) is 4.79 Å². The Morgan fingerprint density at radius 2 is 1.87 bits per heavy atom. The average Bonchev–Trinajstić information content (AvgIpc) is 2.06. The van der Waals surface area contributed by atoms with Gasteiger partial charge in [-0.25, -0.2) is 4.39 Å². The van der Waals surface area contributed by atoms with Crippen LogP contribution in [0.4, 0.5) is 4.39 Å². The molecule has 0 heterocycles. The Morgan fingerprint density at radius 1 is 1.33 bits per heavy atom. The molecule has 0 fully saturated rings. The van der Waals surface area contributed by atoms with Crippen LogP contribution in [0.2, 0.25) is 0 Å². The van der Waals surface area contributed by atoms with E-state index in [2.05, 4.69) is 7.85 Å². The van der Waals surface area contributed by atoms with Crippen LogP contribution in [-0.4, -0.2) is 20.3 Å². The minimum absolute atomic E-state index is 0. The number of carbonyl (C=O) groups is 2. The predicted octanol–water partition coefficient (Wildman–Crippen LogP) is 1.55. The molecule has 0 spiro atoms. The second-order valence-electron chi connectivity index (χ2n) is 2.14. The van der Waals surface area contributed by atoms with Gasteiger partial charge in [-0.3, -0.25) is 0 Å². The number of benzene rings is 1. The molecule has 0 amide bonds. The Bertz CT molecular complexity index is 282. The standard InChI is InChI=1S/C8H7FO.CHBO.CH4.V/c9-8-3-1-2-7(6-8)4-5-10;2-1-3;;/h1-3,5-6H,4H2;1H;1H4;. The SMILES string of the molecule is C.O=CCc1cccc(F)c1.[B]C=O.[V]. The molecule has 2 nitrogen and oxygen atoms in total. The summed E-state index contributed by atoms with van der Waals surface area (Å²) < 4.78 is 12.4. The zero-order chi connectivity index (χ0) is 10.1. The van der Waals surface area contributed by atoms with E-state index in [1.165, 1.54) is 12.1 Å². The fraction of sp³-hybridized carbons (Fsp3) is 0.200. The van der Waals surface area contributed by atoms with Crippen LogP contribution in [-0.2, 0) is 34.6 Å². The number of hydrogen-bond donors (Lipinski definition) is 0. The van der Waals surface area contributed by atoms with Gasteiger partial charge in [-0.2, -0.15) is 0 Å². The molecule has 0 aromatic heterocycles. The van der Waals surface area contributed by atoms with Crippen molar-refractivity contribution in [1.29, 1.82) is 0 Å². The van der Waals surface area contributed by atoms with Gasteiger partial charge in [-0.1, -0.05) is 19.6 Å². The van der Waals surface area contributed by atoms with Crippen molar-refractivity contribution in [3.63, 3.8) is 0 Å². The molecule has 1 aromatic carbocycles. The van der Waals surface area contributed by atoms with Crippen LogP contribution in [0.1, 0.15) is 13.0 Å². The van der Waals surface area contributed by atoms with Crippen molar-refractivity contribution in [3.05, 3.63) is 35.6 Å². The summed E-state index contributed by atoms with van der Waals surface area (Å²) in [5, 5.41) is 0. The molecule has 0 aliphatic carbocycles. The summed E-state index contributed by atoms with van der Waals surface area (Å²) in [6.07, 6.45) is 1.30. The van der Waals surface area contributed by atoms with Gasteiger partial charge < -0.3 is 9.59 Å². The van der Waals surface area contributed by atoms with Gasteiger partial charge in [-0.05, 0) is 17.7 Å². The Balaban J connectivity index is -0.000000260. The second-order valence-corrected chi connectivity index (χ2v) is 2.14. The summed E-state index contributed by atoms with van der Waals surface area (Å²) in [5.41, 5.74) is 0.718. The number of carbonyl (C=O) groups excluding carboxylic acids is 2. The third-order valence-corrected chi connectivity index (χ3v) is 1.21. The molecule has 0 saturated carbocycles. The molecule has 0 unspecified atom stereocenters. The summed E-state index contributed by atoms with van der Waals surface area (Å²) >= 11 is 0. The van der Waals surface area contributed by atoms with E-state index in [1.54, 1.807) is 12.1 Å². The Hall–Kier alpha value is -0.861.